The molecule has 3 aromatic rings. The minimum Gasteiger partial charge on any atom is -0.368 e. The quantitative estimate of drug-likeness (QED) is 0.656. The van der Waals surface area contributed by atoms with Crippen LogP contribution in [0.5, 0.6) is 0 Å². The number of benzene rings is 1. The standard InChI is InChI=1S/C25H31N7/c1-5-31-10-12-32(13-11-31)20-8-9-21(28-17(20)4)29-25-27-15-19-7-6-18-14-26-23(16(2)3)22(18)24(19)30-25/h6-9,15-16H,5,10-14H2,1-4H3,(H,27,28,29,30). The fourth-order valence-electron chi connectivity index (χ4n) is 4.71. The lowest BCUT2D eigenvalue weighted by Crippen LogP contribution is -2.46. The van der Waals surface area contributed by atoms with Gasteiger partial charge in [0, 0.05) is 49.0 Å². The van der Waals surface area contributed by atoms with Crippen molar-refractivity contribution in [2.45, 2.75) is 34.2 Å². The fraction of sp³-hybridized carbons (Fsp3) is 0.440. The van der Waals surface area contributed by atoms with Crippen molar-refractivity contribution >= 4 is 34.1 Å². The van der Waals surface area contributed by atoms with Gasteiger partial charge in [-0.15, -0.1) is 0 Å². The van der Waals surface area contributed by atoms with E-state index >= 15 is 0 Å². The summed E-state index contributed by atoms with van der Waals surface area (Å²) in [5, 5.41) is 4.36. The average molecular weight is 430 g/mol. The van der Waals surface area contributed by atoms with Crippen LogP contribution in [0.3, 0.4) is 0 Å². The van der Waals surface area contributed by atoms with Gasteiger partial charge in [-0.1, -0.05) is 32.9 Å². The molecule has 0 aliphatic carbocycles. The van der Waals surface area contributed by atoms with Gasteiger partial charge in [0.25, 0.3) is 0 Å². The normalized spacial score (nSPS) is 16.5. The molecule has 32 heavy (non-hydrogen) atoms. The second-order valence-electron chi connectivity index (χ2n) is 8.93. The number of hydrogen-bond acceptors (Lipinski definition) is 7. The number of aryl methyl sites for hydroxylation is 1. The average Bonchev–Trinajstić information content (AvgIpc) is 3.24. The fourth-order valence-corrected chi connectivity index (χ4v) is 4.71. The van der Waals surface area contributed by atoms with E-state index in [9.17, 15) is 0 Å². The van der Waals surface area contributed by atoms with Crippen molar-refractivity contribution in [3.8, 4) is 0 Å². The van der Waals surface area contributed by atoms with Crippen molar-refractivity contribution < 1.29 is 0 Å². The lowest BCUT2D eigenvalue weighted by molar-refractivity contribution is 0.271. The van der Waals surface area contributed by atoms with Crippen LogP contribution in [0.2, 0.25) is 0 Å². The first kappa shape index (κ1) is 20.8. The van der Waals surface area contributed by atoms with E-state index in [1.807, 2.05) is 12.3 Å². The SMILES string of the molecule is CCN1CCN(c2ccc(Nc3ncc4ccc5c(c4n3)C(C(C)C)=NC5)nc2C)CC1. The summed E-state index contributed by atoms with van der Waals surface area (Å²) in [7, 11) is 0. The van der Waals surface area contributed by atoms with Crippen molar-refractivity contribution in [1.29, 1.82) is 0 Å². The number of rotatable bonds is 5. The highest BCUT2D eigenvalue weighted by atomic mass is 15.3. The van der Waals surface area contributed by atoms with Gasteiger partial charge >= 0.3 is 0 Å². The van der Waals surface area contributed by atoms with E-state index in [1.165, 1.54) is 16.8 Å². The zero-order chi connectivity index (χ0) is 22.2. The Kier molecular flexibility index (Phi) is 5.51. The Hall–Kier alpha value is -3.06. The van der Waals surface area contributed by atoms with E-state index in [0.29, 0.717) is 11.9 Å². The lowest BCUT2D eigenvalue weighted by Gasteiger charge is -2.36. The summed E-state index contributed by atoms with van der Waals surface area (Å²) in [5.74, 6) is 1.70. The van der Waals surface area contributed by atoms with E-state index < -0.39 is 0 Å². The molecular weight excluding hydrogens is 398 g/mol. The molecule has 2 aromatic heterocycles. The summed E-state index contributed by atoms with van der Waals surface area (Å²) in [6.45, 7) is 14.8. The van der Waals surface area contributed by atoms with Crippen molar-refractivity contribution in [3.05, 3.63) is 47.3 Å². The predicted octanol–water partition coefficient (Wildman–Crippen LogP) is 4.18. The molecule has 0 bridgehead atoms. The van der Waals surface area contributed by atoms with Gasteiger partial charge in [-0.05, 0) is 37.1 Å². The summed E-state index contributed by atoms with van der Waals surface area (Å²) in [6.07, 6.45) is 1.88. The predicted molar refractivity (Wildman–Crippen MR) is 131 cm³/mol. The summed E-state index contributed by atoms with van der Waals surface area (Å²) in [4.78, 5) is 23.9. The number of aliphatic imine (C=N–C) groups is 1. The zero-order valence-corrected chi connectivity index (χ0v) is 19.4. The van der Waals surface area contributed by atoms with Crippen molar-refractivity contribution in [1.82, 2.24) is 19.9 Å². The summed E-state index contributed by atoms with van der Waals surface area (Å²) >= 11 is 0. The van der Waals surface area contributed by atoms with Gasteiger partial charge in [-0.2, -0.15) is 0 Å². The molecule has 1 aromatic carbocycles. The highest BCUT2D eigenvalue weighted by Crippen LogP contribution is 2.30. The number of likely N-dealkylation sites (N-methyl/N-ethyl adjacent to an activating group) is 1. The van der Waals surface area contributed by atoms with Gasteiger partial charge in [0.2, 0.25) is 5.95 Å². The molecule has 1 N–H and O–H groups in total. The molecular formula is C25H31N7. The topological polar surface area (TPSA) is 69.5 Å². The van der Waals surface area contributed by atoms with Crippen LogP contribution in [-0.4, -0.2) is 58.3 Å². The molecule has 1 saturated heterocycles. The maximum atomic E-state index is 4.88. The van der Waals surface area contributed by atoms with E-state index in [4.69, 9.17) is 15.0 Å². The Labute approximate surface area is 189 Å². The number of piperazine rings is 1. The van der Waals surface area contributed by atoms with E-state index in [-0.39, 0.29) is 0 Å². The molecule has 0 amide bonds. The molecule has 166 valence electrons. The van der Waals surface area contributed by atoms with Gasteiger partial charge < -0.3 is 15.1 Å². The molecule has 4 heterocycles. The Morgan fingerprint density at radius 3 is 2.56 bits per heavy atom. The van der Waals surface area contributed by atoms with Crippen LogP contribution in [0.4, 0.5) is 17.5 Å². The summed E-state index contributed by atoms with van der Waals surface area (Å²) in [6, 6.07) is 8.43. The van der Waals surface area contributed by atoms with Gasteiger partial charge in [0.1, 0.15) is 5.82 Å². The van der Waals surface area contributed by atoms with Crippen LogP contribution >= 0.6 is 0 Å². The molecule has 0 spiro atoms. The molecule has 1 fully saturated rings. The third kappa shape index (κ3) is 3.81. The second-order valence-corrected chi connectivity index (χ2v) is 8.93. The van der Waals surface area contributed by atoms with Gasteiger partial charge in [-0.3, -0.25) is 4.99 Å². The van der Waals surface area contributed by atoms with Crippen molar-refractivity contribution in [3.63, 3.8) is 0 Å². The molecule has 7 nitrogen and oxygen atoms in total. The third-order valence-corrected chi connectivity index (χ3v) is 6.52. The zero-order valence-electron chi connectivity index (χ0n) is 19.4. The Balaban J connectivity index is 1.40. The van der Waals surface area contributed by atoms with Crippen LogP contribution in [0.15, 0.2) is 35.5 Å². The molecule has 0 radical (unpaired) electrons. The van der Waals surface area contributed by atoms with E-state index in [2.05, 4.69) is 66.0 Å². The monoisotopic (exact) mass is 429 g/mol. The molecule has 0 unspecified atom stereocenters. The van der Waals surface area contributed by atoms with Crippen LogP contribution in [0, 0.1) is 12.8 Å². The summed E-state index contributed by atoms with van der Waals surface area (Å²) < 4.78 is 0. The van der Waals surface area contributed by atoms with Gasteiger partial charge in [0.15, 0.2) is 0 Å². The maximum absolute atomic E-state index is 4.88. The Morgan fingerprint density at radius 1 is 1.03 bits per heavy atom. The summed E-state index contributed by atoms with van der Waals surface area (Å²) in [5.41, 5.74) is 6.75. The number of hydrogen-bond donors (Lipinski definition) is 1. The first-order chi connectivity index (χ1) is 15.5. The Bertz CT molecular complexity index is 1180. The third-order valence-electron chi connectivity index (χ3n) is 6.52. The number of aromatic nitrogens is 3. The minimum absolute atomic E-state index is 0.365. The largest absolute Gasteiger partial charge is 0.368 e. The van der Waals surface area contributed by atoms with Crippen LogP contribution in [-0.2, 0) is 6.54 Å². The smallest absolute Gasteiger partial charge is 0.228 e. The lowest BCUT2D eigenvalue weighted by atomic mass is 9.96. The highest BCUT2D eigenvalue weighted by molar-refractivity contribution is 6.13. The minimum atomic E-state index is 0.365. The molecule has 2 aliphatic rings. The van der Waals surface area contributed by atoms with Gasteiger partial charge in [0.05, 0.1) is 23.4 Å². The number of nitrogens with one attached hydrogen (secondary N) is 1. The molecule has 0 atom stereocenters. The van der Waals surface area contributed by atoms with Crippen molar-refractivity contribution in [2.24, 2.45) is 10.9 Å². The van der Waals surface area contributed by atoms with Crippen LogP contribution < -0.4 is 10.2 Å². The van der Waals surface area contributed by atoms with Crippen molar-refractivity contribution in [2.75, 3.05) is 42.9 Å². The Morgan fingerprint density at radius 2 is 1.84 bits per heavy atom. The van der Waals surface area contributed by atoms with Crippen LogP contribution in [0.1, 0.15) is 37.6 Å². The molecule has 0 saturated carbocycles. The van der Waals surface area contributed by atoms with Crippen LogP contribution in [0.25, 0.3) is 10.9 Å². The number of fused-ring (bicyclic) bond motifs is 3. The highest BCUT2D eigenvalue weighted by Gasteiger charge is 2.23. The number of anilines is 3. The van der Waals surface area contributed by atoms with Gasteiger partial charge in [-0.25, -0.2) is 15.0 Å². The maximum Gasteiger partial charge on any atom is 0.228 e. The number of nitrogens with zero attached hydrogens (tertiary/aromatic N) is 6. The first-order valence-electron chi connectivity index (χ1n) is 11.6. The first-order valence-corrected chi connectivity index (χ1v) is 11.6. The second kappa shape index (κ2) is 8.47. The molecule has 2 aliphatic heterocycles. The van der Waals surface area contributed by atoms with E-state index in [1.54, 1.807) is 0 Å². The number of pyridine rings is 1. The molecule has 5 rings (SSSR count). The molecule has 7 heteroatoms. The van der Waals surface area contributed by atoms with E-state index in [0.717, 1.165) is 67.4 Å².